The van der Waals surface area contributed by atoms with E-state index in [0.717, 1.165) is 38.7 Å². The number of hydrogen-bond donors (Lipinski definition) is 0. The number of ether oxygens (including phenoxy) is 1. The number of methoxy groups -OCH3 is 1. The van der Waals surface area contributed by atoms with Crippen LogP contribution in [0, 0.1) is 5.92 Å². The summed E-state index contributed by atoms with van der Waals surface area (Å²) in [5.41, 5.74) is 4.08. The molecule has 2 aromatic rings. The smallest absolute Gasteiger partial charge is 0.0952 e. The third-order valence-electron chi connectivity index (χ3n) is 4.70. The fourth-order valence-corrected chi connectivity index (χ4v) is 4.18. The molecule has 1 aliphatic heterocycles. The topological polar surface area (TPSA) is 30.3 Å². The molecule has 0 saturated heterocycles. The summed E-state index contributed by atoms with van der Waals surface area (Å²) in [5.74, 6) is 1.32. The molecule has 1 atom stereocenters. The molecule has 3 heterocycles. The van der Waals surface area contributed by atoms with Gasteiger partial charge < -0.3 is 9.30 Å². The lowest BCUT2D eigenvalue weighted by Gasteiger charge is -2.32. The van der Waals surface area contributed by atoms with Crippen molar-refractivity contribution in [1.29, 1.82) is 0 Å². The summed E-state index contributed by atoms with van der Waals surface area (Å²) in [7, 11) is 1.80. The minimum atomic E-state index is 0.439. The highest BCUT2D eigenvalue weighted by Gasteiger charge is 2.31. The second-order valence-corrected chi connectivity index (χ2v) is 7.41. The van der Waals surface area contributed by atoms with Crippen molar-refractivity contribution in [2.24, 2.45) is 5.92 Å². The Hall–Kier alpha value is -1.17. The molecule has 4 nitrogen and oxygen atoms in total. The van der Waals surface area contributed by atoms with Crippen molar-refractivity contribution in [3.05, 3.63) is 40.1 Å². The number of aromatic nitrogens is 2. The molecule has 0 spiro atoms. The first-order valence-corrected chi connectivity index (χ1v) is 9.04. The Labute approximate surface area is 135 Å². The van der Waals surface area contributed by atoms with E-state index in [4.69, 9.17) is 9.72 Å². The highest BCUT2D eigenvalue weighted by Crippen LogP contribution is 2.34. The monoisotopic (exact) mass is 317 g/mol. The molecule has 1 aliphatic carbocycles. The van der Waals surface area contributed by atoms with Crippen molar-refractivity contribution in [3.63, 3.8) is 0 Å². The summed E-state index contributed by atoms with van der Waals surface area (Å²) in [6, 6.07) is 2.22. The highest BCUT2D eigenvalue weighted by molar-refractivity contribution is 7.07. The normalized spacial score (nSPS) is 22.0. The van der Waals surface area contributed by atoms with Crippen molar-refractivity contribution in [2.75, 3.05) is 20.3 Å². The predicted molar refractivity (Wildman–Crippen MR) is 88.0 cm³/mol. The number of nitrogens with zero attached hydrogens (tertiary/aromatic N) is 3. The van der Waals surface area contributed by atoms with Gasteiger partial charge in [-0.05, 0) is 41.1 Å². The van der Waals surface area contributed by atoms with Crippen LogP contribution < -0.4 is 0 Å². The number of hydrogen-bond acceptors (Lipinski definition) is 4. The second kappa shape index (κ2) is 6.14. The molecule has 0 radical (unpaired) electrons. The Bertz CT molecular complexity index is 618. The summed E-state index contributed by atoms with van der Waals surface area (Å²) in [5, 5.41) is 4.40. The van der Waals surface area contributed by atoms with Gasteiger partial charge in [0.15, 0.2) is 0 Å². The lowest BCUT2D eigenvalue weighted by molar-refractivity contribution is 0.131. The van der Waals surface area contributed by atoms with Gasteiger partial charge in [0.25, 0.3) is 0 Å². The molecule has 0 N–H and O–H groups in total. The van der Waals surface area contributed by atoms with E-state index in [1.165, 1.54) is 29.8 Å². The van der Waals surface area contributed by atoms with Gasteiger partial charge >= 0.3 is 0 Å². The van der Waals surface area contributed by atoms with E-state index in [-0.39, 0.29) is 0 Å². The number of fused-ring (bicyclic) bond motifs is 1. The van der Waals surface area contributed by atoms with E-state index in [1.807, 2.05) is 0 Å². The zero-order chi connectivity index (χ0) is 14.9. The van der Waals surface area contributed by atoms with Crippen molar-refractivity contribution >= 4 is 11.3 Å². The summed E-state index contributed by atoms with van der Waals surface area (Å²) in [6.45, 7) is 4.96. The van der Waals surface area contributed by atoms with E-state index >= 15 is 0 Å². The van der Waals surface area contributed by atoms with Gasteiger partial charge in [0.1, 0.15) is 0 Å². The fourth-order valence-electron chi connectivity index (χ4n) is 3.52. The zero-order valence-electron chi connectivity index (χ0n) is 13.1. The Morgan fingerprint density at radius 2 is 2.32 bits per heavy atom. The third kappa shape index (κ3) is 2.98. The largest absolute Gasteiger partial charge is 0.384 e. The SMILES string of the molecule is COC[C@H]1CN(Cc2ccsc2)Cc2ncn(CC3CC3)c21. The first-order chi connectivity index (χ1) is 10.8. The Balaban J connectivity index is 1.55. The predicted octanol–water partition coefficient (Wildman–Crippen LogP) is 3.10. The van der Waals surface area contributed by atoms with E-state index in [1.54, 1.807) is 18.4 Å². The molecule has 0 bridgehead atoms. The van der Waals surface area contributed by atoms with Crippen molar-refractivity contribution in [2.45, 2.75) is 38.4 Å². The minimum Gasteiger partial charge on any atom is -0.384 e. The van der Waals surface area contributed by atoms with E-state index in [2.05, 4.69) is 32.6 Å². The molecule has 22 heavy (non-hydrogen) atoms. The summed E-state index contributed by atoms with van der Waals surface area (Å²) >= 11 is 1.77. The van der Waals surface area contributed by atoms with Crippen LogP contribution in [-0.4, -0.2) is 34.7 Å². The Morgan fingerprint density at radius 1 is 1.41 bits per heavy atom. The van der Waals surface area contributed by atoms with Crippen molar-refractivity contribution in [1.82, 2.24) is 14.5 Å². The van der Waals surface area contributed by atoms with Crippen LogP contribution in [0.4, 0.5) is 0 Å². The Morgan fingerprint density at radius 3 is 3.05 bits per heavy atom. The van der Waals surface area contributed by atoms with Gasteiger partial charge in [-0.15, -0.1) is 0 Å². The summed E-state index contributed by atoms with van der Waals surface area (Å²) in [4.78, 5) is 7.22. The molecule has 5 heteroatoms. The maximum Gasteiger partial charge on any atom is 0.0952 e. The molecule has 118 valence electrons. The number of rotatable bonds is 6. The van der Waals surface area contributed by atoms with Gasteiger partial charge in [0.05, 0.1) is 18.6 Å². The highest BCUT2D eigenvalue weighted by atomic mass is 32.1. The van der Waals surface area contributed by atoms with Gasteiger partial charge in [0, 0.05) is 44.9 Å². The van der Waals surface area contributed by atoms with Crippen LogP contribution in [0.1, 0.15) is 35.7 Å². The van der Waals surface area contributed by atoms with Crippen LogP contribution in [0.2, 0.25) is 0 Å². The summed E-state index contributed by atoms with van der Waals surface area (Å²) in [6.07, 6.45) is 4.82. The van der Waals surface area contributed by atoms with E-state index in [9.17, 15) is 0 Å². The van der Waals surface area contributed by atoms with Gasteiger partial charge in [0.2, 0.25) is 0 Å². The maximum absolute atomic E-state index is 5.50. The minimum absolute atomic E-state index is 0.439. The van der Waals surface area contributed by atoms with E-state index < -0.39 is 0 Å². The van der Waals surface area contributed by atoms with Gasteiger partial charge in [-0.25, -0.2) is 4.98 Å². The summed E-state index contributed by atoms with van der Waals surface area (Å²) < 4.78 is 7.90. The van der Waals surface area contributed by atoms with Crippen LogP contribution in [0.15, 0.2) is 23.2 Å². The maximum atomic E-state index is 5.50. The molecule has 4 rings (SSSR count). The quantitative estimate of drug-likeness (QED) is 0.820. The van der Waals surface area contributed by atoms with Crippen molar-refractivity contribution < 1.29 is 4.74 Å². The van der Waals surface area contributed by atoms with Crippen LogP contribution in [0.25, 0.3) is 0 Å². The lowest BCUT2D eigenvalue weighted by atomic mass is 9.98. The van der Waals surface area contributed by atoms with Crippen LogP contribution >= 0.6 is 11.3 Å². The Kier molecular flexibility index (Phi) is 4.03. The van der Waals surface area contributed by atoms with E-state index in [0.29, 0.717) is 5.92 Å². The molecular formula is C17H23N3OS. The molecular weight excluding hydrogens is 294 g/mol. The molecule has 0 amide bonds. The number of imidazole rings is 1. The molecule has 0 aromatic carbocycles. The molecule has 0 unspecified atom stereocenters. The first kappa shape index (κ1) is 14.4. The first-order valence-electron chi connectivity index (χ1n) is 8.09. The van der Waals surface area contributed by atoms with Crippen molar-refractivity contribution in [3.8, 4) is 0 Å². The molecule has 2 aromatic heterocycles. The van der Waals surface area contributed by atoms with Gasteiger partial charge in [-0.1, -0.05) is 0 Å². The van der Waals surface area contributed by atoms with Crippen LogP contribution in [0.3, 0.4) is 0 Å². The average molecular weight is 317 g/mol. The van der Waals surface area contributed by atoms with Crippen LogP contribution in [-0.2, 0) is 24.4 Å². The average Bonchev–Trinajstić information content (AvgIpc) is 3.00. The number of thiophene rings is 1. The zero-order valence-corrected chi connectivity index (χ0v) is 13.9. The lowest BCUT2D eigenvalue weighted by Crippen LogP contribution is -2.36. The third-order valence-corrected chi connectivity index (χ3v) is 5.43. The second-order valence-electron chi connectivity index (χ2n) is 6.63. The van der Waals surface area contributed by atoms with Crippen LogP contribution in [0.5, 0.6) is 0 Å². The van der Waals surface area contributed by atoms with Gasteiger partial charge in [-0.3, -0.25) is 4.90 Å². The van der Waals surface area contributed by atoms with Gasteiger partial charge in [-0.2, -0.15) is 11.3 Å². The molecule has 1 saturated carbocycles. The fraction of sp³-hybridized carbons (Fsp3) is 0.588. The standard InChI is InChI=1S/C17H23N3OS/c1-21-10-15-8-19(6-14-4-5-22-11-14)9-16-17(15)20(12-18-16)7-13-2-3-13/h4-5,11-13,15H,2-3,6-10H2,1H3/t15-/m1/s1. The molecule has 2 aliphatic rings. The molecule has 1 fully saturated rings.